The Balaban J connectivity index is 2.51. The summed E-state index contributed by atoms with van der Waals surface area (Å²) in [5, 5.41) is 11.0. The minimum absolute atomic E-state index is 0.0439. The van der Waals surface area contributed by atoms with Crippen LogP contribution < -0.4 is 0 Å². The minimum atomic E-state index is -1.40. The van der Waals surface area contributed by atoms with Crippen LogP contribution in [0.4, 0.5) is 0 Å². The summed E-state index contributed by atoms with van der Waals surface area (Å²) in [6, 6.07) is 11.8. The smallest absolute Gasteiger partial charge is 0.307 e. The number of hydrogen-bond donors (Lipinski definition) is 1. The summed E-state index contributed by atoms with van der Waals surface area (Å²) in [5.41, 5.74) is 5.13. The van der Waals surface area contributed by atoms with E-state index >= 15 is 0 Å². The van der Waals surface area contributed by atoms with E-state index in [2.05, 4.69) is 31.1 Å². The highest BCUT2D eigenvalue weighted by Gasteiger charge is 2.08. The summed E-state index contributed by atoms with van der Waals surface area (Å²) in [7, 11) is -1.40. The summed E-state index contributed by atoms with van der Waals surface area (Å²) in [6.07, 6.45) is 0.0439. The number of carboxylic acids is 1. The van der Waals surface area contributed by atoms with Gasteiger partial charge in [0.2, 0.25) is 0 Å². The average molecular weight is 282 g/mol. The fraction of sp³-hybridized carbons (Fsp3) is 0.235. The van der Waals surface area contributed by atoms with Crippen LogP contribution >= 0.6 is 0 Å². The zero-order chi connectivity index (χ0) is 14.8. The third-order valence-corrected chi connectivity index (χ3v) is 3.77. The first-order valence-corrected chi connectivity index (χ1v) is 10.1. The van der Waals surface area contributed by atoms with Gasteiger partial charge in [-0.3, -0.25) is 4.79 Å². The molecule has 2 rings (SSSR count). The Morgan fingerprint density at radius 3 is 2.60 bits per heavy atom. The number of benzene rings is 2. The van der Waals surface area contributed by atoms with Gasteiger partial charge < -0.3 is 5.11 Å². The third kappa shape index (κ3) is 3.72. The van der Waals surface area contributed by atoms with Crippen LogP contribution in [0.25, 0.3) is 10.8 Å². The lowest BCUT2D eigenvalue weighted by molar-refractivity contribution is -0.136. The topological polar surface area (TPSA) is 37.3 Å². The first kappa shape index (κ1) is 14.4. The maximum absolute atomic E-state index is 10.9. The number of aliphatic carboxylic acids is 1. The van der Waals surface area contributed by atoms with E-state index in [4.69, 9.17) is 5.11 Å². The molecule has 20 heavy (non-hydrogen) atoms. The average Bonchev–Trinajstić information content (AvgIpc) is 2.35. The largest absolute Gasteiger partial charge is 0.481 e. The van der Waals surface area contributed by atoms with Crippen molar-refractivity contribution in [2.75, 3.05) is 0 Å². The molecule has 0 heterocycles. The van der Waals surface area contributed by atoms with E-state index in [-0.39, 0.29) is 6.42 Å². The van der Waals surface area contributed by atoms with E-state index in [1.807, 2.05) is 36.4 Å². The van der Waals surface area contributed by atoms with Gasteiger partial charge in [-0.2, -0.15) is 0 Å². The van der Waals surface area contributed by atoms with Crippen LogP contribution in [-0.2, 0) is 11.2 Å². The van der Waals surface area contributed by atoms with Crippen LogP contribution in [0.1, 0.15) is 11.1 Å². The Labute approximate surface area is 120 Å². The minimum Gasteiger partial charge on any atom is -0.481 e. The van der Waals surface area contributed by atoms with Crippen LogP contribution in [-0.4, -0.2) is 19.1 Å². The van der Waals surface area contributed by atoms with Crippen LogP contribution in [0.3, 0.4) is 0 Å². The van der Waals surface area contributed by atoms with E-state index < -0.39 is 14.0 Å². The molecule has 102 valence electrons. The molecule has 0 radical (unpaired) electrons. The Bertz CT molecular complexity index is 715. The Hall–Kier alpha value is -2.05. The summed E-state index contributed by atoms with van der Waals surface area (Å²) in [4.78, 5) is 10.9. The van der Waals surface area contributed by atoms with Gasteiger partial charge in [0.15, 0.2) is 0 Å². The van der Waals surface area contributed by atoms with Gasteiger partial charge in [-0.25, -0.2) is 0 Å². The molecule has 0 amide bonds. The zero-order valence-corrected chi connectivity index (χ0v) is 13.0. The lowest BCUT2D eigenvalue weighted by Crippen LogP contribution is -2.16. The van der Waals surface area contributed by atoms with Crippen molar-refractivity contribution >= 4 is 24.8 Å². The van der Waals surface area contributed by atoms with Crippen LogP contribution in [0.15, 0.2) is 36.4 Å². The summed E-state index contributed by atoms with van der Waals surface area (Å²) < 4.78 is 0. The van der Waals surface area contributed by atoms with Crippen molar-refractivity contribution in [3.63, 3.8) is 0 Å². The highest BCUT2D eigenvalue weighted by molar-refractivity contribution is 6.83. The molecule has 0 aliphatic carbocycles. The molecule has 0 aliphatic rings. The lowest BCUT2D eigenvalue weighted by atomic mass is 10.0. The molecule has 3 heteroatoms. The van der Waals surface area contributed by atoms with E-state index in [0.717, 1.165) is 21.9 Å². The second kappa shape index (κ2) is 5.52. The van der Waals surface area contributed by atoms with Crippen molar-refractivity contribution in [3.05, 3.63) is 47.5 Å². The standard InChI is InChI=1S/C17H18O2Si/c1-20(2,3)10-9-13-7-8-14-5-4-6-15(12-17(18)19)16(14)11-13/h4-8,11H,12H2,1-3H3,(H,18,19). The molecular formula is C17H18O2Si. The van der Waals surface area contributed by atoms with Crippen molar-refractivity contribution in [1.29, 1.82) is 0 Å². The van der Waals surface area contributed by atoms with E-state index in [1.165, 1.54) is 0 Å². The molecule has 2 aromatic carbocycles. The van der Waals surface area contributed by atoms with Gasteiger partial charge in [0, 0.05) is 5.56 Å². The first-order chi connectivity index (χ1) is 9.35. The Morgan fingerprint density at radius 2 is 1.95 bits per heavy atom. The van der Waals surface area contributed by atoms with Gasteiger partial charge in [0.1, 0.15) is 8.07 Å². The quantitative estimate of drug-likeness (QED) is 0.673. The number of carboxylic acid groups (broad SMARTS) is 1. The second-order valence-corrected chi connectivity index (χ2v) is 10.7. The fourth-order valence-corrected chi connectivity index (χ4v) is 2.51. The fourth-order valence-electron chi connectivity index (χ4n) is 1.99. The van der Waals surface area contributed by atoms with Gasteiger partial charge in [-0.15, -0.1) is 5.54 Å². The van der Waals surface area contributed by atoms with Crippen LogP contribution in [0, 0.1) is 11.5 Å². The first-order valence-electron chi connectivity index (χ1n) is 6.62. The molecule has 2 aromatic rings. The highest BCUT2D eigenvalue weighted by atomic mass is 28.3. The zero-order valence-electron chi connectivity index (χ0n) is 12.0. The van der Waals surface area contributed by atoms with Crippen molar-refractivity contribution in [2.24, 2.45) is 0 Å². The van der Waals surface area contributed by atoms with Gasteiger partial charge in [0.05, 0.1) is 6.42 Å². The van der Waals surface area contributed by atoms with Gasteiger partial charge >= 0.3 is 5.97 Å². The van der Waals surface area contributed by atoms with Crippen molar-refractivity contribution in [3.8, 4) is 11.5 Å². The Morgan fingerprint density at radius 1 is 1.20 bits per heavy atom. The molecule has 0 saturated carbocycles. The van der Waals surface area contributed by atoms with E-state index in [1.54, 1.807) is 0 Å². The molecule has 0 atom stereocenters. The van der Waals surface area contributed by atoms with Gasteiger partial charge in [-0.05, 0) is 28.5 Å². The molecule has 0 saturated heterocycles. The normalized spacial score (nSPS) is 10.9. The molecule has 0 bridgehead atoms. The monoisotopic (exact) mass is 282 g/mol. The van der Waals surface area contributed by atoms with Gasteiger partial charge in [0.25, 0.3) is 0 Å². The Kier molecular flexibility index (Phi) is 3.96. The predicted octanol–water partition coefficient (Wildman–Crippen LogP) is 3.70. The van der Waals surface area contributed by atoms with E-state index in [0.29, 0.717) is 0 Å². The van der Waals surface area contributed by atoms with Crippen LogP contribution in [0.2, 0.25) is 19.6 Å². The molecule has 0 fully saturated rings. The molecule has 0 spiro atoms. The highest BCUT2D eigenvalue weighted by Crippen LogP contribution is 2.21. The van der Waals surface area contributed by atoms with Gasteiger partial charge in [-0.1, -0.05) is 49.8 Å². The summed E-state index contributed by atoms with van der Waals surface area (Å²) in [6.45, 7) is 6.62. The number of carbonyl (C=O) groups is 1. The molecule has 0 aromatic heterocycles. The van der Waals surface area contributed by atoms with E-state index in [9.17, 15) is 4.79 Å². The summed E-state index contributed by atoms with van der Waals surface area (Å²) >= 11 is 0. The SMILES string of the molecule is C[Si](C)(C)C#Cc1ccc2cccc(CC(=O)O)c2c1. The molecule has 2 nitrogen and oxygen atoms in total. The predicted molar refractivity (Wildman–Crippen MR) is 85.5 cm³/mol. The van der Waals surface area contributed by atoms with Crippen molar-refractivity contribution in [1.82, 2.24) is 0 Å². The number of rotatable bonds is 2. The second-order valence-electron chi connectivity index (χ2n) is 5.92. The van der Waals surface area contributed by atoms with Crippen LogP contribution in [0.5, 0.6) is 0 Å². The van der Waals surface area contributed by atoms with Crippen molar-refractivity contribution < 1.29 is 9.90 Å². The molecule has 1 N–H and O–H groups in total. The molecular weight excluding hydrogens is 264 g/mol. The maximum Gasteiger partial charge on any atom is 0.307 e. The van der Waals surface area contributed by atoms with Crippen molar-refractivity contribution in [2.45, 2.75) is 26.1 Å². The number of fused-ring (bicyclic) bond motifs is 1. The summed E-state index contributed by atoms with van der Waals surface area (Å²) in [5.74, 6) is 2.41. The third-order valence-electron chi connectivity index (χ3n) is 2.90. The molecule has 0 unspecified atom stereocenters. The lowest BCUT2D eigenvalue weighted by Gasteiger charge is -2.06. The maximum atomic E-state index is 10.9. The number of hydrogen-bond acceptors (Lipinski definition) is 1. The molecule has 0 aliphatic heterocycles.